The number of carboxylic acids is 1. The Morgan fingerprint density at radius 3 is 2.45 bits per heavy atom. The first-order valence-corrected chi connectivity index (χ1v) is 9.27. The lowest BCUT2D eigenvalue weighted by Crippen LogP contribution is -2.48. The molecule has 0 saturated carbocycles. The van der Waals surface area contributed by atoms with Gasteiger partial charge in [0.1, 0.15) is 11.8 Å². The summed E-state index contributed by atoms with van der Waals surface area (Å²) in [6.45, 7) is 1.56. The molecule has 2 aromatic carbocycles. The molecule has 0 radical (unpaired) electrons. The number of rotatable bonds is 10. The molecule has 0 aliphatic rings. The summed E-state index contributed by atoms with van der Waals surface area (Å²) in [5.74, 6) is -0.913. The minimum atomic E-state index is -1.07. The summed E-state index contributed by atoms with van der Waals surface area (Å²) in [6.07, 6.45) is 0.800. The molecule has 0 aliphatic heterocycles. The number of benzene rings is 2. The zero-order chi connectivity index (χ0) is 21.2. The predicted molar refractivity (Wildman–Crippen MR) is 109 cm³/mol. The van der Waals surface area contributed by atoms with Crippen LogP contribution in [0, 0.1) is 18.3 Å². The monoisotopic (exact) mass is 395 g/mol. The molecular formula is C22H25N3O4. The highest BCUT2D eigenvalue weighted by Gasteiger charge is 2.21. The summed E-state index contributed by atoms with van der Waals surface area (Å²) in [5.41, 5.74) is 2.92. The van der Waals surface area contributed by atoms with Crippen molar-refractivity contribution < 1.29 is 19.4 Å². The number of aryl methyl sites for hydroxylation is 1. The lowest BCUT2D eigenvalue weighted by Gasteiger charge is -2.19. The van der Waals surface area contributed by atoms with Crippen LogP contribution in [0.2, 0.25) is 0 Å². The number of carboxylic acid groups (broad SMARTS) is 1. The maximum Gasteiger partial charge on any atom is 0.341 e. The van der Waals surface area contributed by atoms with E-state index in [0.717, 1.165) is 16.7 Å². The zero-order valence-electron chi connectivity index (χ0n) is 16.5. The van der Waals surface area contributed by atoms with Gasteiger partial charge < -0.3 is 20.5 Å². The fourth-order valence-electron chi connectivity index (χ4n) is 2.94. The molecule has 2 unspecified atom stereocenters. The Kier molecular flexibility index (Phi) is 8.19. The summed E-state index contributed by atoms with van der Waals surface area (Å²) in [7, 11) is 1.71. The van der Waals surface area contributed by atoms with Crippen molar-refractivity contribution in [3.63, 3.8) is 0 Å². The SMILES string of the molecule is CNC(Cc1cccc(C)c1)C(=O)NC(C#N)Cc1cccc(OCC(=O)O)c1. The summed E-state index contributed by atoms with van der Waals surface area (Å²) < 4.78 is 5.16. The molecule has 0 saturated heterocycles. The topological polar surface area (TPSA) is 111 Å². The molecule has 0 aromatic heterocycles. The van der Waals surface area contributed by atoms with E-state index < -0.39 is 24.7 Å². The van der Waals surface area contributed by atoms with Gasteiger partial charge in [0.15, 0.2) is 6.61 Å². The van der Waals surface area contributed by atoms with Crippen LogP contribution in [0.3, 0.4) is 0 Å². The van der Waals surface area contributed by atoms with Crippen molar-refractivity contribution in [3.8, 4) is 11.8 Å². The largest absolute Gasteiger partial charge is 0.482 e. The van der Waals surface area contributed by atoms with Crippen LogP contribution in [0.1, 0.15) is 16.7 Å². The molecule has 7 heteroatoms. The third kappa shape index (κ3) is 7.28. The van der Waals surface area contributed by atoms with Crippen molar-refractivity contribution in [3.05, 3.63) is 65.2 Å². The van der Waals surface area contributed by atoms with Gasteiger partial charge in [-0.3, -0.25) is 4.79 Å². The van der Waals surface area contributed by atoms with E-state index in [2.05, 4.69) is 16.7 Å². The van der Waals surface area contributed by atoms with Crippen molar-refractivity contribution in [2.45, 2.75) is 31.8 Å². The number of nitrogens with zero attached hydrogens (tertiary/aromatic N) is 1. The molecule has 0 spiro atoms. The van der Waals surface area contributed by atoms with Gasteiger partial charge in [0.05, 0.1) is 12.1 Å². The molecule has 3 N–H and O–H groups in total. The Balaban J connectivity index is 1.99. The van der Waals surface area contributed by atoms with Gasteiger partial charge in [-0.1, -0.05) is 42.0 Å². The van der Waals surface area contributed by atoms with Crippen LogP contribution in [0.4, 0.5) is 0 Å². The zero-order valence-corrected chi connectivity index (χ0v) is 16.5. The first kappa shape index (κ1) is 21.9. The van der Waals surface area contributed by atoms with Crippen molar-refractivity contribution >= 4 is 11.9 Å². The number of carbonyl (C=O) groups excluding carboxylic acids is 1. The van der Waals surface area contributed by atoms with E-state index >= 15 is 0 Å². The van der Waals surface area contributed by atoms with Crippen LogP contribution in [0.25, 0.3) is 0 Å². The highest BCUT2D eigenvalue weighted by Crippen LogP contribution is 2.15. The van der Waals surface area contributed by atoms with Crippen molar-refractivity contribution in [1.29, 1.82) is 5.26 Å². The number of likely N-dealkylation sites (N-methyl/N-ethyl adjacent to an activating group) is 1. The van der Waals surface area contributed by atoms with Gasteiger partial charge in [0, 0.05) is 6.42 Å². The number of nitrogens with one attached hydrogen (secondary N) is 2. The fraction of sp³-hybridized carbons (Fsp3) is 0.318. The van der Waals surface area contributed by atoms with Gasteiger partial charge in [-0.25, -0.2) is 4.79 Å². The third-order valence-corrected chi connectivity index (χ3v) is 4.36. The van der Waals surface area contributed by atoms with Crippen LogP contribution in [0.15, 0.2) is 48.5 Å². The quantitative estimate of drug-likeness (QED) is 0.566. The summed E-state index contributed by atoms with van der Waals surface area (Å²) in [5, 5.41) is 23.9. The lowest BCUT2D eigenvalue weighted by atomic mass is 10.0. The van der Waals surface area contributed by atoms with Crippen LogP contribution in [-0.2, 0) is 22.4 Å². The molecule has 2 aromatic rings. The Labute approximate surface area is 170 Å². The van der Waals surface area contributed by atoms with Crippen molar-refractivity contribution in [2.24, 2.45) is 0 Å². The van der Waals surface area contributed by atoms with Crippen LogP contribution < -0.4 is 15.4 Å². The summed E-state index contributed by atoms with van der Waals surface area (Å²) in [6, 6.07) is 15.7. The number of ether oxygens (including phenoxy) is 1. The van der Waals surface area contributed by atoms with E-state index in [4.69, 9.17) is 9.84 Å². The van der Waals surface area contributed by atoms with E-state index in [0.29, 0.717) is 12.2 Å². The van der Waals surface area contributed by atoms with E-state index in [-0.39, 0.29) is 12.3 Å². The van der Waals surface area contributed by atoms with Crippen LogP contribution in [-0.4, -0.2) is 42.7 Å². The second-order valence-corrected chi connectivity index (χ2v) is 6.76. The molecule has 2 rings (SSSR count). The van der Waals surface area contributed by atoms with E-state index in [1.165, 1.54) is 0 Å². The van der Waals surface area contributed by atoms with E-state index in [1.807, 2.05) is 31.2 Å². The smallest absolute Gasteiger partial charge is 0.341 e. The first-order valence-electron chi connectivity index (χ1n) is 9.27. The van der Waals surface area contributed by atoms with Crippen molar-refractivity contribution in [1.82, 2.24) is 10.6 Å². The number of carbonyl (C=O) groups is 2. The molecule has 152 valence electrons. The molecule has 7 nitrogen and oxygen atoms in total. The molecule has 2 atom stereocenters. The van der Waals surface area contributed by atoms with Crippen molar-refractivity contribution in [2.75, 3.05) is 13.7 Å². The van der Waals surface area contributed by atoms with Crippen LogP contribution in [0.5, 0.6) is 5.75 Å². The Bertz CT molecular complexity index is 892. The third-order valence-electron chi connectivity index (χ3n) is 4.36. The standard InChI is InChI=1S/C22H25N3O4/c1-15-5-3-6-16(9-15)12-20(24-2)22(28)25-18(13-23)10-17-7-4-8-19(11-17)29-14-21(26)27/h3-9,11,18,20,24H,10,12,14H2,1-2H3,(H,25,28)(H,26,27). The normalized spacial score (nSPS) is 12.4. The fourth-order valence-corrected chi connectivity index (χ4v) is 2.94. The second kappa shape index (κ2) is 10.8. The van der Waals surface area contributed by atoms with E-state index in [9.17, 15) is 14.9 Å². The molecule has 29 heavy (non-hydrogen) atoms. The Hall–Kier alpha value is -3.37. The molecule has 0 aliphatic carbocycles. The molecule has 0 heterocycles. The van der Waals surface area contributed by atoms with Gasteiger partial charge in [0.25, 0.3) is 0 Å². The van der Waals surface area contributed by atoms with Gasteiger partial charge in [-0.15, -0.1) is 0 Å². The number of aliphatic carboxylic acids is 1. The minimum Gasteiger partial charge on any atom is -0.482 e. The van der Waals surface area contributed by atoms with Gasteiger partial charge in [-0.05, 0) is 43.7 Å². The second-order valence-electron chi connectivity index (χ2n) is 6.76. The lowest BCUT2D eigenvalue weighted by molar-refractivity contribution is -0.139. The molecule has 1 amide bonds. The Morgan fingerprint density at radius 2 is 1.83 bits per heavy atom. The highest BCUT2D eigenvalue weighted by atomic mass is 16.5. The molecule has 0 bridgehead atoms. The van der Waals surface area contributed by atoms with Gasteiger partial charge in [0.2, 0.25) is 5.91 Å². The highest BCUT2D eigenvalue weighted by molar-refractivity contribution is 5.82. The number of amides is 1. The van der Waals surface area contributed by atoms with E-state index in [1.54, 1.807) is 31.3 Å². The number of nitriles is 1. The summed E-state index contributed by atoms with van der Waals surface area (Å²) in [4.78, 5) is 23.3. The molecular weight excluding hydrogens is 370 g/mol. The maximum atomic E-state index is 12.7. The summed E-state index contributed by atoms with van der Waals surface area (Å²) >= 11 is 0. The predicted octanol–water partition coefficient (Wildman–Crippen LogP) is 1.84. The number of hydrogen-bond acceptors (Lipinski definition) is 5. The van der Waals surface area contributed by atoms with Gasteiger partial charge in [-0.2, -0.15) is 5.26 Å². The minimum absolute atomic E-state index is 0.251. The average Bonchev–Trinajstić information content (AvgIpc) is 2.70. The average molecular weight is 395 g/mol. The molecule has 0 fully saturated rings. The van der Waals surface area contributed by atoms with Crippen LogP contribution >= 0.6 is 0 Å². The maximum absolute atomic E-state index is 12.7. The number of hydrogen-bond donors (Lipinski definition) is 3. The van der Waals surface area contributed by atoms with Gasteiger partial charge >= 0.3 is 5.97 Å². The first-order chi connectivity index (χ1) is 13.9. The Morgan fingerprint density at radius 1 is 1.14 bits per heavy atom.